The van der Waals surface area contributed by atoms with Crippen molar-refractivity contribution < 1.29 is 15.0 Å². The first-order chi connectivity index (χ1) is 10.7. The molecule has 3 rings (SSSR count). The molecule has 1 aliphatic rings. The Bertz CT molecular complexity index is 670. The van der Waals surface area contributed by atoms with E-state index in [9.17, 15) is 15.0 Å². The minimum Gasteiger partial charge on any atom is -0.394 e. The fourth-order valence-corrected chi connectivity index (χ4v) is 3.25. The normalized spacial score (nSPS) is 19.9. The van der Waals surface area contributed by atoms with E-state index in [-0.39, 0.29) is 25.0 Å². The number of rotatable bonds is 4. The predicted octanol–water partition coefficient (Wildman–Crippen LogP) is 1.43. The van der Waals surface area contributed by atoms with E-state index < -0.39 is 6.23 Å². The van der Waals surface area contributed by atoms with Crippen molar-refractivity contribution in [3.05, 3.63) is 58.3 Å². The summed E-state index contributed by atoms with van der Waals surface area (Å²) >= 11 is 1.48. The van der Waals surface area contributed by atoms with Crippen LogP contribution in [0.4, 0.5) is 0 Å². The van der Waals surface area contributed by atoms with Crippen molar-refractivity contribution >= 4 is 23.0 Å². The van der Waals surface area contributed by atoms with E-state index in [1.807, 2.05) is 47.8 Å². The number of thiophene rings is 1. The summed E-state index contributed by atoms with van der Waals surface area (Å²) in [5.41, 5.74) is 0.901. The van der Waals surface area contributed by atoms with Crippen molar-refractivity contribution in [1.29, 1.82) is 0 Å². The topological polar surface area (TPSA) is 73.1 Å². The lowest BCUT2D eigenvalue weighted by molar-refractivity contribution is -0.128. The van der Waals surface area contributed by atoms with E-state index >= 15 is 0 Å². The standard InChI is InChI=1S/C16H16N2O3S/c19-10-12(11-5-2-1-3-6-11)18-9-13(20)16(21)17-15(18)14-7-4-8-22-14/h1-8,12,16,19,21H,9-10H2/t12-,16?/m0/s1. The monoisotopic (exact) mass is 316 g/mol. The van der Waals surface area contributed by atoms with Crippen molar-refractivity contribution in [2.45, 2.75) is 12.3 Å². The molecule has 2 heterocycles. The minimum absolute atomic E-state index is 0.0258. The van der Waals surface area contributed by atoms with Crippen LogP contribution in [0, 0.1) is 0 Å². The number of hydrogen-bond donors (Lipinski definition) is 2. The lowest BCUT2D eigenvalue weighted by Crippen LogP contribution is -2.47. The van der Waals surface area contributed by atoms with Crippen LogP contribution in [0.25, 0.3) is 0 Å². The molecule has 2 aromatic rings. The fraction of sp³-hybridized carbons (Fsp3) is 0.250. The zero-order valence-corrected chi connectivity index (χ0v) is 12.6. The average Bonchev–Trinajstić information content (AvgIpc) is 3.06. The summed E-state index contributed by atoms with van der Waals surface area (Å²) < 4.78 is 0. The van der Waals surface area contributed by atoms with Gasteiger partial charge < -0.3 is 15.1 Å². The first kappa shape index (κ1) is 14.9. The molecule has 0 fully saturated rings. The molecule has 22 heavy (non-hydrogen) atoms. The van der Waals surface area contributed by atoms with Crippen molar-refractivity contribution in [2.24, 2.45) is 4.99 Å². The van der Waals surface area contributed by atoms with Crippen molar-refractivity contribution in [1.82, 2.24) is 4.90 Å². The average molecular weight is 316 g/mol. The second-order valence-corrected chi connectivity index (χ2v) is 5.95. The van der Waals surface area contributed by atoms with Crippen molar-refractivity contribution in [3.63, 3.8) is 0 Å². The molecule has 5 nitrogen and oxygen atoms in total. The predicted molar refractivity (Wildman–Crippen MR) is 84.8 cm³/mol. The molecule has 6 heteroatoms. The van der Waals surface area contributed by atoms with Gasteiger partial charge in [-0.15, -0.1) is 11.3 Å². The Morgan fingerprint density at radius 3 is 2.68 bits per heavy atom. The summed E-state index contributed by atoms with van der Waals surface area (Å²) in [5, 5.41) is 21.5. The van der Waals surface area contributed by atoms with Crippen LogP contribution in [0.3, 0.4) is 0 Å². The van der Waals surface area contributed by atoms with Crippen LogP contribution in [0.15, 0.2) is 52.8 Å². The molecule has 1 aliphatic heterocycles. The number of Topliss-reactive ketones (excluding diaryl/α,β-unsaturated/α-hetero) is 1. The summed E-state index contributed by atoms with van der Waals surface area (Å²) in [4.78, 5) is 18.6. The van der Waals surface area contributed by atoms with Gasteiger partial charge in [-0.2, -0.15) is 0 Å². The first-order valence-corrected chi connectivity index (χ1v) is 7.83. The fourth-order valence-electron chi connectivity index (χ4n) is 2.51. The largest absolute Gasteiger partial charge is 0.394 e. The number of carbonyl (C=O) groups excluding carboxylic acids is 1. The van der Waals surface area contributed by atoms with Crippen LogP contribution in [-0.4, -0.2) is 46.1 Å². The summed E-state index contributed by atoms with van der Waals surface area (Å²) in [7, 11) is 0. The first-order valence-electron chi connectivity index (χ1n) is 6.95. The zero-order valence-electron chi connectivity index (χ0n) is 11.8. The summed E-state index contributed by atoms with van der Waals surface area (Å²) in [6.07, 6.45) is -1.33. The van der Waals surface area contributed by atoms with Gasteiger partial charge in [0.25, 0.3) is 0 Å². The molecule has 0 spiro atoms. The van der Waals surface area contributed by atoms with Gasteiger partial charge in [0.1, 0.15) is 5.84 Å². The molecule has 0 saturated carbocycles. The second kappa shape index (κ2) is 6.39. The Morgan fingerprint density at radius 1 is 1.27 bits per heavy atom. The molecule has 0 saturated heterocycles. The van der Waals surface area contributed by atoms with Crippen molar-refractivity contribution in [2.75, 3.05) is 13.2 Å². The summed E-state index contributed by atoms with van der Waals surface area (Å²) in [6.45, 7) is -0.115. The van der Waals surface area contributed by atoms with E-state index in [2.05, 4.69) is 4.99 Å². The van der Waals surface area contributed by atoms with Crippen molar-refractivity contribution in [3.8, 4) is 0 Å². The number of hydrogen-bond acceptors (Lipinski definition) is 6. The van der Waals surface area contributed by atoms with Crippen LogP contribution < -0.4 is 0 Å². The number of aliphatic imine (C=N–C) groups is 1. The second-order valence-electron chi connectivity index (χ2n) is 5.01. The highest BCUT2D eigenvalue weighted by atomic mass is 32.1. The summed E-state index contributed by atoms with van der Waals surface area (Å²) in [6, 6.07) is 12.9. The third-order valence-corrected chi connectivity index (χ3v) is 4.47. The van der Waals surface area contributed by atoms with E-state index in [4.69, 9.17) is 0 Å². The third kappa shape index (κ3) is 2.81. The molecule has 1 aromatic heterocycles. The number of aliphatic hydroxyl groups is 2. The Hall–Kier alpha value is -2.02. The molecule has 1 unspecified atom stereocenters. The number of ketones is 1. The quantitative estimate of drug-likeness (QED) is 0.895. The van der Waals surface area contributed by atoms with Gasteiger partial charge in [0, 0.05) is 0 Å². The molecule has 114 valence electrons. The van der Waals surface area contributed by atoms with Crippen LogP contribution in [0.2, 0.25) is 0 Å². The molecule has 0 radical (unpaired) electrons. The molecular weight excluding hydrogens is 300 g/mol. The number of nitrogens with zero attached hydrogens (tertiary/aromatic N) is 2. The van der Waals surface area contributed by atoms with Gasteiger partial charge in [-0.3, -0.25) is 4.79 Å². The lowest BCUT2D eigenvalue weighted by atomic mass is 10.0. The maximum atomic E-state index is 11.9. The van der Waals surface area contributed by atoms with E-state index in [1.54, 1.807) is 4.90 Å². The summed E-state index contributed by atoms with van der Waals surface area (Å²) in [5.74, 6) is 0.180. The minimum atomic E-state index is -1.33. The highest BCUT2D eigenvalue weighted by Crippen LogP contribution is 2.27. The maximum Gasteiger partial charge on any atom is 0.209 e. The Balaban J connectivity index is 2.02. The van der Waals surface area contributed by atoms with Gasteiger partial charge in [0.15, 0.2) is 0 Å². The van der Waals surface area contributed by atoms with Gasteiger partial charge in [0.2, 0.25) is 12.0 Å². The molecule has 0 bridgehead atoms. The molecule has 2 atom stereocenters. The van der Waals surface area contributed by atoms with Crippen LogP contribution in [0.5, 0.6) is 0 Å². The molecule has 1 aromatic carbocycles. The van der Waals surface area contributed by atoms with Crippen LogP contribution in [0.1, 0.15) is 16.5 Å². The molecule has 0 aliphatic carbocycles. The zero-order chi connectivity index (χ0) is 15.5. The van der Waals surface area contributed by atoms with E-state index in [0.29, 0.717) is 5.84 Å². The Labute approximate surface area is 132 Å². The smallest absolute Gasteiger partial charge is 0.209 e. The maximum absolute atomic E-state index is 11.9. The Kier molecular flexibility index (Phi) is 4.33. The van der Waals surface area contributed by atoms with Gasteiger partial charge in [-0.05, 0) is 17.0 Å². The number of carbonyl (C=O) groups is 1. The van der Waals surface area contributed by atoms with Crippen LogP contribution >= 0.6 is 11.3 Å². The highest BCUT2D eigenvalue weighted by molar-refractivity contribution is 7.12. The van der Waals surface area contributed by atoms with E-state index in [0.717, 1.165) is 10.4 Å². The highest BCUT2D eigenvalue weighted by Gasteiger charge is 2.33. The molecule has 2 N–H and O–H groups in total. The number of amidine groups is 1. The SMILES string of the molecule is O=C1CN([C@@H](CO)c2ccccc2)C(c2cccs2)=NC1O. The Morgan fingerprint density at radius 2 is 2.05 bits per heavy atom. The van der Waals surface area contributed by atoms with Gasteiger partial charge in [0.05, 0.1) is 24.1 Å². The number of benzene rings is 1. The molecule has 0 amide bonds. The lowest BCUT2D eigenvalue weighted by Gasteiger charge is -2.36. The number of aliphatic hydroxyl groups excluding tert-OH is 2. The van der Waals surface area contributed by atoms with E-state index in [1.165, 1.54) is 11.3 Å². The van der Waals surface area contributed by atoms with Gasteiger partial charge in [-0.25, -0.2) is 4.99 Å². The van der Waals surface area contributed by atoms with Crippen LogP contribution in [-0.2, 0) is 4.79 Å². The molecular formula is C16H16N2O3S. The van der Waals surface area contributed by atoms with Gasteiger partial charge >= 0.3 is 0 Å². The van der Waals surface area contributed by atoms with Gasteiger partial charge in [-0.1, -0.05) is 36.4 Å². The third-order valence-electron chi connectivity index (χ3n) is 3.61.